The Bertz CT molecular complexity index is 581. The molecule has 0 aromatic heterocycles. The lowest BCUT2D eigenvalue weighted by atomic mass is 10.2. The van der Waals surface area contributed by atoms with E-state index in [1.54, 1.807) is 43.4 Å². The van der Waals surface area contributed by atoms with Crippen molar-refractivity contribution in [3.63, 3.8) is 0 Å². The molecule has 0 aliphatic heterocycles. The molecule has 4 heteroatoms. The van der Waals surface area contributed by atoms with Crippen molar-refractivity contribution in [2.75, 3.05) is 7.05 Å². The van der Waals surface area contributed by atoms with Gasteiger partial charge in [-0.25, -0.2) is 4.21 Å². The molecule has 2 rings (SSSR count). The zero-order valence-electron chi connectivity index (χ0n) is 9.92. The monoisotopic (exact) mass is 259 g/mol. The molecule has 18 heavy (non-hydrogen) atoms. The average molecular weight is 259 g/mol. The van der Waals surface area contributed by atoms with Gasteiger partial charge in [0.15, 0.2) is 0 Å². The van der Waals surface area contributed by atoms with Gasteiger partial charge in [0.05, 0.1) is 21.3 Å². The predicted octanol–water partition coefficient (Wildman–Crippen LogP) is 2.21. The molecule has 0 saturated heterocycles. The van der Waals surface area contributed by atoms with E-state index < -0.39 is 10.8 Å². The van der Waals surface area contributed by atoms with Gasteiger partial charge in [0.2, 0.25) is 0 Å². The Hall–Kier alpha value is -1.94. The molecular formula is C14H13NO2S. The van der Waals surface area contributed by atoms with Gasteiger partial charge in [0.1, 0.15) is 0 Å². The Morgan fingerprint density at radius 3 is 2.28 bits per heavy atom. The molecule has 0 spiro atoms. The number of hydrogen-bond donors (Lipinski definition) is 1. The summed E-state index contributed by atoms with van der Waals surface area (Å²) in [6.45, 7) is 0. The van der Waals surface area contributed by atoms with Gasteiger partial charge in [-0.15, -0.1) is 0 Å². The lowest BCUT2D eigenvalue weighted by Crippen LogP contribution is -2.19. The van der Waals surface area contributed by atoms with Crippen LogP contribution in [0.5, 0.6) is 0 Å². The van der Waals surface area contributed by atoms with Crippen molar-refractivity contribution < 1.29 is 9.00 Å². The van der Waals surface area contributed by atoms with Crippen molar-refractivity contribution in [1.82, 2.24) is 5.32 Å². The van der Waals surface area contributed by atoms with E-state index in [4.69, 9.17) is 0 Å². The minimum Gasteiger partial charge on any atom is -0.355 e. The van der Waals surface area contributed by atoms with Crippen LogP contribution in [0.2, 0.25) is 0 Å². The maximum Gasteiger partial charge on any atom is 0.252 e. The molecule has 0 radical (unpaired) electrons. The second-order valence-corrected chi connectivity index (χ2v) is 5.11. The molecule has 92 valence electrons. The number of carbonyl (C=O) groups is 1. The number of rotatable bonds is 3. The van der Waals surface area contributed by atoms with Gasteiger partial charge in [-0.1, -0.05) is 30.3 Å². The van der Waals surface area contributed by atoms with Crippen molar-refractivity contribution in [3.05, 3.63) is 60.2 Å². The van der Waals surface area contributed by atoms with Crippen molar-refractivity contribution in [2.45, 2.75) is 9.79 Å². The summed E-state index contributed by atoms with van der Waals surface area (Å²) in [6, 6.07) is 16.0. The molecule has 1 N–H and O–H groups in total. The molecule has 1 amide bonds. The predicted molar refractivity (Wildman–Crippen MR) is 70.9 cm³/mol. The lowest BCUT2D eigenvalue weighted by Gasteiger charge is -2.07. The topological polar surface area (TPSA) is 46.2 Å². The van der Waals surface area contributed by atoms with Crippen molar-refractivity contribution in [3.8, 4) is 0 Å². The Morgan fingerprint density at radius 2 is 1.61 bits per heavy atom. The van der Waals surface area contributed by atoms with E-state index in [1.807, 2.05) is 18.2 Å². The first-order valence-corrected chi connectivity index (χ1v) is 6.67. The van der Waals surface area contributed by atoms with Crippen LogP contribution >= 0.6 is 0 Å². The fourth-order valence-electron chi connectivity index (χ4n) is 1.62. The second kappa shape index (κ2) is 5.60. The summed E-state index contributed by atoms with van der Waals surface area (Å²) in [6.07, 6.45) is 0. The van der Waals surface area contributed by atoms with Crippen molar-refractivity contribution >= 4 is 16.7 Å². The lowest BCUT2D eigenvalue weighted by molar-refractivity contribution is 0.0960. The molecular weight excluding hydrogens is 246 g/mol. The molecule has 2 aromatic rings. The van der Waals surface area contributed by atoms with Gasteiger partial charge in [0.25, 0.3) is 5.91 Å². The number of nitrogens with one attached hydrogen (secondary N) is 1. The minimum absolute atomic E-state index is 0.227. The van der Waals surface area contributed by atoms with Crippen LogP contribution < -0.4 is 5.32 Å². The van der Waals surface area contributed by atoms with Crippen LogP contribution in [0.15, 0.2) is 64.4 Å². The van der Waals surface area contributed by atoms with Crippen molar-refractivity contribution in [1.29, 1.82) is 0 Å². The van der Waals surface area contributed by atoms with Crippen molar-refractivity contribution in [2.24, 2.45) is 0 Å². The maximum atomic E-state index is 12.4. The zero-order chi connectivity index (χ0) is 13.0. The van der Waals surface area contributed by atoms with E-state index in [0.29, 0.717) is 15.4 Å². The summed E-state index contributed by atoms with van der Waals surface area (Å²) < 4.78 is 12.4. The summed E-state index contributed by atoms with van der Waals surface area (Å²) in [5, 5.41) is 2.55. The Labute approximate surface area is 108 Å². The third-order valence-electron chi connectivity index (χ3n) is 2.52. The van der Waals surface area contributed by atoms with E-state index in [9.17, 15) is 9.00 Å². The highest BCUT2D eigenvalue weighted by Gasteiger charge is 2.15. The number of amides is 1. The average Bonchev–Trinajstić information content (AvgIpc) is 2.46. The Kier molecular flexibility index (Phi) is 3.89. The molecule has 0 unspecified atom stereocenters. The third kappa shape index (κ3) is 2.49. The smallest absolute Gasteiger partial charge is 0.252 e. The summed E-state index contributed by atoms with van der Waals surface area (Å²) in [5.41, 5.74) is 0.446. The highest BCUT2D eigenvalue weighted by Crippen LogP contribution is 2.19. The molecule has 0 heterocycles. The van der Waals surface area contributed by atoms with Gasteiger partial charge < -0.3 is 5.32 Å². The summed E-state index contributed by atoms with van der Waals surface area (Å²) >= 11 is 0. The molecule has 1 atom stereocenters. The fourth-order valence-corrected chi connectivity index (χ4v) is 2.84. The highest BCUT2D eigenvalue weighted by atomic mass is 32.2. The standard InChI is InChI=1S/C14H13NO2S/c1-15-14(16)12-9-5-6-10-13(12)18(17)11-7-3-2-4-8-11/h2-10H,1H3,(H,15,16)/t18-/m0/s1. The van der Waals surface area contributed by atoms with Gasteiger partial charge in [-0.05, 0) is 24.3 Å². The molecule has 0 aliphatic carbocycles. The third-order valence-corrected chi connectivity index (χ3v) is 3.97. The van der Waals surface area contributed by atoms with E-state index in [1.165, 1.54) is 0 Å². The first-order valence-electron chi connectivity index (χ1n) is 5.52. The number of hydrogen-bond acceptors (Lipinski definition) is 2. The molecule has 3 nitrogen and oxygen atoms in total. The highest BCUT2D eigenvalue weighted by molar-refractivity contribution is 7.85. The van der Waals surface area contributed by atoms with Crippen LogP contribution in [-0.4, -0.2) is 17.2 Å². The maximum absolute atomic E-state index is 12.4. The van der Waals surface area contributed by atoms with Crippen LogP contribution in [0.3, 0.4) is 0 Å². The van der Waals surface area contributed by atoms with E-state index in [2.05, 4.69) is 5.32 Å². The summed E-state index contributed by atoms with van der Waals surface area (Å²) in [7, 11) is 0.219. The van der Waals surface area contributed by atoms with E-state index in [0.717, 1.165) is 0 Å². The van der Waals surface area contributed by atoms with E-state index >= 15 is 0 Å². The second-order valence-electron chi connectivity index (χ2n) is 3.66. The van der Waals surface area contributed by atoms with Gasteiger partial charge in [-0.2, -0.15) is 0 Å². The summed E-state index contributed by atoms with van der Waals surface area (Å²) in [4.78, 5) is 12.9. The van der Waals surface area contributed by atoms with Gasteiger partial charge in [-0.3, -0.25) is 4.79 Å². The largest absolute Gasteiger partial charge is 0.355 e. The first kappa shape index (κ1) is 12.5. The molecule has 2 aromatic carbocycles. The Balaban J connectivity index is 2.46. The van der Waals surface area contributed by atoms with Gasteiger partial charge >= 0.3 is 0 Å². The molecule has 0 aliphatic rings. The van der Waals surface area contributed by atoms with Crippen LogP contribution in [-0.2, 0) is 10.8 Å². The zero-order valence-corrected chi connectivity index (χ0v) is 10.7. The summed E-state index contributed by atoms with van der Waals surface area (Å²) in [5.74, 6) is -0.227. The minimum atomic E-state index is -1.34. The normalized spacial score (nSPS) is 11.8. The number of carbonyl (C=O) groups excluding carboxylic acids is 1. The molecule has 0 fully saturated rings. The first-order chi connectivity index (χ1) is 8.74. The van der Waals surface area contributed by atoms with Crippen LogP contribution in [0.1, 0.15) is 10.4 Å². The molecule has 0 bridgehead atoms. The van der Waals surface area contributed by atoms with Crippen LogP contribution in [0.25, 0.3) is 0 Å². The van der Waals surface area contributed by atoms with Crippen LogP contribution in [0.4, 0.5) is 0 Å². The van der Waals surface area contributed by atoms with Gasteiger partial charge in [0, 0.05) is 11.9 Å². The molecule has 0 saturated carbocycles. The van der Waals surface area contributed by atoms with Crippen LogP contribution in [0, 0.1) is 0 Å². The fraction of sp³-hybridized carbons (Fsp3) is 0.0714. The SMILES string of the molecule is CNC(=O)c1ccccc1[S@@](=O)c1ccccc1. The quantitative estimate of drug-likeness (QED) is 0.918. The van der Waals surface area contributed by atoms with E-state index in [-0.39, 0.29) is 5.91 Å². The Morgan fingerprint density at radius 1 is 1.00 bits per heavy atom. The number of benzene rings is 2.